The van der Waals surface area contributed by atoms with E-state index in [4.69, 9.17) is 5.73 Å². The normalized spacial score (nSPS) is 11.9. The molecule has 1 atom stereocenters. The van der Waals surface area contributed by atoms with E-state index in [1.54, 1.807) is 24.3 Å². The van der Waals surface area contributed by atoms with Gasteiger partial charge in [0.15, 0.2) is 5.13 Å². The molecule has 3 aromatic rings. The molecule has 33 heavy (non-hydrogen) atoms. The highest BCUT2D eigenvalue weighted by atomic mass is 32.1. The van der Waals surface area contributed by atoms with Crippen molar-refractivity contribution < 1.29 is 18.4 Å². The Morgan fingerprint density at radius 3 is 2.33 bits per heavy atom. The summed E-state index contributed by atoms with van der Waals surface area (Å²) < 4.78 is 27.9. The zero-order valence-corrected chi connectivity index (χ0v) is 19.3. The fourth-order valence-corrected chi connectivity index (χ4v) is 4.04. The number of ketones is 1. The standard InChI is InChI=1S/C23H25F2N5O2S/c1-4-14(12-30(2)3)27-22(32)13-8-10-15(11-9-13)28-23-29-21(26)20(33-23)19(31)18-16(24)6-5-7-17(18)25/h5-11,14H,4,12,26H2,1-3H3,(H,27,32)(H,28,29)/t14-/m1/s1. The van der Waals surface area contributed by atoms with Gasteiger partial charge in [-0.25, -0.2) is 13.8 Å². The molecule has 0 radical (unpaired) electrons. The van der Waals surface area contributed by atoms with Crippen molar-refractivity contribution in [3.8, 4) is 0 Å². The van der Waals surface area contributed by atoms with Gasteiger partial charge in [-0.1, -0.05) is 24.3 Å². The average Bonchev–Trinajstić information content (AvgIpc) is 3.13. The number of nitrogens with one attached hydrogen (secondary N) is 2. The third-order valence-corrected chi connectivity index (χ3v) is 5.85. The topological polar surface area (TPSA) is 100 Å². The molecule has 1 amide bonds. The molecule has 2 aromatic carbocycles. The van der Waals surface area contributed by atoms with Crippen LogP contribution in [0.3, 0.4) is 0 Å². The molecule has 0 saturated heterocycles. The summed E-state index contributed by atoms with van der Waals surface area (Å²) in [5.41, 5.74) is 6.27. The number of anilines is 3. The number of halogens is 2. The van der Waals surface area contributed by atoms with E-state index in [1.807, 2.05) is 25.9 Å². The smallest absolute Gasteiger partial charge is 0.251 e. The van der Waals surface area contributed by atoms with Gasteiger partial charge in [-0.2, -0.15) is 0 Å². The number of amides is 1. The Morgan fingerprint density at radius 2 is 1.76 bits per heavy atom. The first-order valence-corrected chi connectivity index (χ1v) is 11.1. The molecule has 0 aliphatic heterocycles. The maximum Gasteiger partial charge on any atom is 0.251 e. The molecule has 1 aromatic heterocycles. The summed E-state index contributed by atoms with van der Waals surface area (Å²) in [5.74, 6) is -3.10. The van der Waals surface area contributed by atoms with E-state index in [-0.39, 0.29) is 27.8 Å². The Labute approximate surface area is 194 Å². The third kappa shape index (κ3) is 5.91. The van der Waals surface area contributed by atoms with Gasteiger partial charge < -0.3 is 21.3 Å². The SMILES string of the molecule is CC[C@H](CN(C)C)NC(=O)c1ccc(Nc2nc(N)c(C(=O)c3c(F)cccc3F)s2)cc1. The molecule has 4 N–H and O–H groups in total. The van der Waals surface area contributed by atoms with Crippen molar-refractivity contribution >= 4 is 39.7 Å². The number of nitrogen functional groups attached to an aromatic ring is 1. The van der Waals surface area contributed by atoms with E-state index in [0.29, 0.717) is 11.3 Å². The fourth-order valence-electron chi connectivity index (χ4n) is 3.19. The van der Waals surface area contributed by atoms with Gasteiger partial charge in [-0.05, 0) is 56.9 Å². The van der Waals surface area contributed by atoms with Crippen LogP contribution < -0.4 is 16.4 Å². The lowest BCUT2D eigenvalue weighted by Crippen LogP contribution is -2.41. The van der Waals surface area contributed by atoms with Crippen LogP contribution in [0.25, 0.3) is 0 Å². The first-order valence-electron chi connectivity index (χ1n) is 10.3. The van der Waals surface area contributed by atoms with E-state index >= 15 is 0 Å². The number of benzene rings is 2. The summed E-state index contributed by atoms with van der Waals surface area (Å²) in [6.45, 7) is 2.76. The molecule has 7 nitrogen and oxygen atoms in total. The number of nitrogens with zero attached hydrogens (tertiary/aromatic N) is 2. The van der Waals surface area contributed by atoms with Gasteiger partial charge >= 0.3 is 0 Å². The fraction of sp³-hybridized carbons (Fsp3) is 0.261. The van der Waals surface area contributed by atoms with Gasteiger partial charge in [0, 0.05) is 23.8 Å². The van der Waals surface area contributed by atoms with Gasteiger partial charge in [-0.15, -0.1) is 0 Å². The summed E-state index contributed by atoms with van der Waals surface area (Å²) in [4.78, 5) is 31.1. The second kappa shape index (κ2) is 10.5. The predicted octanol–water partition coefficient (Wildman–Crippen LogP) is 4.05. The van der Waals surface area contributed by atoms with Gasteiger partial charge in [0.25, 0.3) is 5.91 Å². The van der Waals surface area contributed by atoms with Crippen molar-refractivity contribution in [2.75, 3.05) is 31.7 Å². The van der Waals surface area contributed by atoms with Crippen molar-refractivity contribution in [2.45, 2.75) is 19.4 Å². The van der Waals surface area contributed by atoms with E-state index in [2.05, 4.69) is 15.6 Å². The van der Waals surface area contributed by atoms with Crippen LogP contribution >= 0.6 is 11.3 Å². The second-order valence-electron chi connectivity index (χ2n) is 7.70. The number of rotatable bonds is 9. The molecule has 0 saturated carbocycles. The summed E-state index contributed by atoms with van der Waals surface area (Å²) in [6.07, 6.45) is 0.812. The van der Waals surface area contributed by atoms with Crippen LogP contribution in [0, 0.1) is 11.6 Å². The van der Waals surface area contributed by atoms with Gasteiger partial charge in [0.2, 0.25) is 5.78 Å². The average molecular weight is 474 g/mol. The highest BCUT2D eigenvalue weighted by Gasteiger charge is 2.24. The van der Waals surface area contributed by atoms with E-state index in [9.17, 15) is 18.4 Å². The van der Waals surface area contributed by atoms with E-state index in [0.717, 1.165) is 36.4 Å². The van der Waals surface area contributed by atoms with Crippen LogP contribution in [-0.2, 0) is 0 Å². The Balaban J connectivity index is 1.71. The largest absolute Gasteiger partial charge is 0.382 e. The monoisotopic (exact) mass is 473 g/mol. The lowest BCUT2D eigenvalue weighted by molar-refractivity contribution is 0.0928. The minimum absolute atomic E-state index is 0.0406. The Bertz CT molecular complexity index is 1130. The minimum Gasteiger partial charge on any atom is -0.382 e. The van der Waals surface area contributed by atoms with Gasteiger partial charge in [0.05, 0.1) is 5.56 Å². The molecular formula is C23H25F2N5O2S. The van der Waals surface area contributed by atoms with Crippen LogP contribution in [0.2, 0.25) is 0 Å². The number of likely N-dealkylation sites (N-methyl/N-ethyl adjacent to an activating group) is 1. The Hall–Kier alpha value is -3.37. The van der Waals surface area contributed by atoms with Crippen LogP contribution in [-0.4, -0.2) is 48.3 Å². The molecular weight excluding hydrogens is 448 g/mol. The summed E-state index contributed by atoms with van der Waals surface area (Å²) in [7, 11) is 3.90. The lowest BCUT2D eigenvalue weighted by atomic mass is 10.1. The van der Waals surface area contributed by atoms with E-state index < -0.39 is 23.0 Å². The van der Waals surface area contributed by atoms with Crippen LogP contribution in [0.5, 0.6) is 0 Å². The van der Waals surface area contributed by atoms with E-state index in [1.165, 1.54) is 6.07 Å². The molecule has 0 aliphatic carbocycles. The zero-order valence-electron chi connectivity index (χ0n) is 18.5. The molecule has 0 fully saturated rings. The number of hydrogen-bond acceptors (Lipinski definition) is 7. The van der Waals surface area contributed by atoms with Crippen LogP contribution in [0.15, 0.2) is 42.5 Å². The Kier molecular flexibility index (Phi) is 7.72. The highest BCUT2D eigenvalue weighted by Crippen LogP contribution is 2.31. The number of nitrogens with two attached hydrogens (primary N) is 1. The minimum atomic E-state index is -0.966. The van der Waals surface area contributed by atoms with Gasteiger partial charge in [0.1, 0.15) is 22.3 Å². The zero-order chi connectivity index (χ0) is 24.1. The quantitative estimate of drug-likeness (QED) is 0.406. The molecule has 0 bridgehead atoms. The van der Waals surface area contributed by atoms with Crippen LogP contribution in [0.4, 0.5) is 25.4 Å². The second-order valence-corrected chi connectivity index (χ2v) is 8.70. The summed E-state index contributed by atoms with van der Waals surface area (Å²) in [6, 6.07) is 9.95. The first kappa shape index (κ1) is 24.3. The maximum absolute atomic E-state index is 14.0. The summed E-state index contributed by atoms with van der Waals surface area (Å²) in [5, 5.41) is 6.28. The number of carbonyl (C=O) groups excluding carboxylic acids is 2. The number of thiazole rings is 1. The number of carbonyl (C=O) groups is 2. The van der Waals surface area contributed by atoms with Gasteiger partial charge in [-0.3, -0.25) is 9.59 Å². The molecule has 1 heterocycles. The molecule has 0 aliphatic rings. The van der Waals surface area contributed by atoms with Crippen molar-refractivity contribution in [3.05, 3.63) is 70.1 Å². The number of aromatic nitrogens is 1. The van der Waals surface area contributed by atoms with Crippen molar-refractivity contribution in [1.82, 2.24) is 15.2 Å². The molecule has 10 heteroatoms. The van der Waals surface area contributed by atoms with Crippen molar-refractivity contribution in [1.29, 1.82) is 0 Å². The highest BCUT2D eigenvalue weighted by molar-refractivity contribution is 7.18. The third-order valence-electron chi connectivity index (χ3n) is 4.86. The lowest BCUT2D eigenvalue weighted by Gasteiger charge is -2.21. The molecule has 0 unspecified atom stereocenters. The van der Waals surface area contributed by atoms with Crippen molar-refractivity contribution in [2.24, 2.45) is 0 Å². The summed E-state index contributed by atoms with van der Waals surface area (Å²) >= 11 is 0.888. The van der Waals surface area contributed by atoms with Crippen molar-refractivity contribution in [3.63, 3.8) is 0 Å². The molecule has 0 spiro atoms. The Morgan fingerprint density at radius 1 is 1.12 bits per heavy atom. The molecule has 174 valence electrons. The maximum atomic E-state index is 14.0. The molecule has 3 rings (SSSR count). The van der Waals surface area contributed by atoms with Crippen LogP contribution in [0.1, 0.15) is 38.9 Å². The number of hydrogen-bond donors (Lipinski definition) is 3. The predicted molar refractivity (Wildman–Crippen MR) is 126 cm³/mol. The first-order chi connectivity index (χ1) is 15.7.